The Labute approximate surface area is 130 Å². The molecule has 122 valence electrons. The van der Waals surface area contributed by atoms with E-state index in [1.807, 2.05) is 0 Å². The Morgan fingerprint density at radius 3 is 2.38 bits per heavy atom. The summed E-state index contributed by atoms with van der Waals surface area (Å²) < 4.78 is 0. The van der Waals surface area contributed by atoms with Crippen LogP contribution in [0.3, 0.4) is 0 Å². The van der Waals surface area contributed by atoms with E-state index in [0.29, 0.717) is 23.2 Å². The zero-order valence-corrected chi connectivity index (χ0v) is 14.4. The zero-order valence-electron chi connectivity index (χ0n) is 14.4. The fraction of sp³-hybridized carbons (Fsp3) is 0.944. The van der Waals surface area contributed by atoms with Gasteiger partial charge in [0, 0.05) is 12.5 Å². The molecule has 2 N–H and O–H groups in total. The summed E-state index contributed by atoms with van der Waals surface area (Å²) in [6.45, 7) is 12.3. The molecule has 2 fully saturated rings. The fourth-order valence-corrected chi connectivity index (χ4v) is 3.97. The van der Waals surface area contributed by atoms with Gasteiger partial charge in [-0.05, 0) is 68.4 Å². The van der Waals surface area contributed by atoms with Crippen LogP contribution in [0.1, 0.15) is 59.8 Å². The number of amides is 1. The topological polar surface area (TPSA) is 41.1 Å². The van der Waals surface area contributed by atoms with Crippen molar-refractivity contribution in [3.63, 3.8) is 0 Å². The molecule has 0 bridgehead atoms. The number of hydrogen-bond acceptors (Lipinski definition) is 2. The fourth-order valence-electron chi connectivity index (χ4n) is 3.97. The van der Waals surface area contributed by atoms with E-state index >= 15 is 0 Å². The van der Waals surface area contributed by atoms with Crippen molar-refractivity contribution in [3.8, 4) is 0 Å². The highest BCUT2D eigenvalue weighted by atomic mass is 16.1. The lowest BCUT2D eigenvalue weighted by molar-refractivity contribution is -0.126. The Kier molecular flexibility index (Phi) is 5.70. The third-order valence-corrected chi connectivity index (χ3v) is 5.82. The Morgan fingerprint density at radius 2 is 1.81 bits per heavy atom. The van der Waals surface area contributed by atoms with E-state index in [1.54, 1.807) is 0 Å². The maximum absolute atomic E-state index is 12.4. The molecule has 1 saturated carbocycles. The normalized spacial score (nSPS) is 34.5. The molecule has 3 nitrogen and oxygen atoms in total. The monoisotopic (exact) mass is 294 g/mol. The number of carbonyl (C=O) groups excluding carboxylic acids is 1. The van der Waals surface area contributed by atoms with Gasteiger partial charge in [-0.15, -0.1) is 0 Å². The highest BCUT2D eigenvalue weighted by molar-refractivity contribution is 5.78. The molecule has 0 aromatic carbocycles. The van der Waals surface area contributed by atoms with Gasteiger partial charge in [0.1, 0.15) is 0 Å². The summed E-state index contributed by atoms with van der Waals surface area (Å²) in [5, 5.41) is 6.66. The lowest BCUT2D eigenvalue weighted by atomic mass is 9.69. The van der Waals surface area contributed by atoms with E-state index in [1.165, 1.54) is 19.3 Å². The van der Waals surface area contributed by atoms with Gasteiger partial charge >= 0.3 is 0 Å². The molecule has 21 heavy (non-hydrogen) atoms. The summed E-state index contributed by atoms with van der Waals surface area (Å²) in [6.07, 6.45) is 5.78. The van der Waals surface area contributed by atoms with Crippen LogP contribution in [0.15, 0.2) is 0 Å². The lowest BCUT2D eigenvalue weighted by Gasteiger charge is -2.36. The summed E-state index contributed by atoms with van der Waals surface area (Å²) in [5.74, 6) is 2.69. The van der Waals surface area contributed by atoms with Crippen molar-refractivity contribution in [2.45, 2.75) is 59.8 Å². The first-order valence-electron chi connectivity index (χ1n) is 8.86. The molecule has 2 rings (SSSR count). The van der Waals surface area contributed by atoms with E-state index in [9.17, 15) is 4.79 Å². The summed E-state index contributed by atoms with van der Waals surface area (Å²) in [4.78, 5) is 12.4. The minimum Gasteiger partial charge on any atom is -0.356 e. The van der Waals surface area contributed by atoms with E-state index in [-0.39, 0.29) is 5.92 Å². The predicted octanol–water partition coefficient (Wildman–Crippen LogP) is 3.20. The molecule has 2 atom stereocenters. The second-order valence-corrected chi connectivity index (χ2v) is 8.39. The average molecular weight is 294 g/mol. The number of nitrogens with one attached hydrogen (secondary N) is 2. The Bertz CT molecular complexity index is 340. The first-order chi connectivity index (χ1) is 9.88. The predicted molar refractivity (Wildman–Crippen MR) is 88.1 cm³/mol. The molecule has 1 heterocycles. The van der Waals surface area contributed by atoms with Crippen molar-refractivity contribution < 1.29 is 4.79 Å². The first kappa shape index (κ1) is 16.8. The summed E-state index contributed by atoms with van der Waals surface area (Å²) in [7, 11) is 0. The maximum Gasteiger partial charge on any atom is 0.223 e. The Hall–Kier alpha value is -0.570. The number of hydrogen-bond donors (Lipinski definition) is 2. The molecule has 2 unspecified atom stereocenters. The van der Waals surface area contributed by atoms with Crippen LogP contribution < -0.4 is 10.6 Å². The number of piperidine rings is 1. The molecule has 0 aromatic rings. The third-order valence-electron chi connectivity index (χ3n) is 5.82. The van der Waals surface area contributed by atoms with Crippen molar-refractivity contribution in [2.75, 3.05) is 19.6 Å². The highest BCUT2D eigenvalue weighted by Gasteiger charge is 2.32. The third kappa shape index (κ3) is 4.70. The summed E-state index contributed by atoms with van der Waals surface area (Å²) in [6, 6.07) is 0. The smallest absolute Gasteiger partial charge is 0.223 e. The molecular formula is C18H34N2O. The van der Waals surface area contributed by atoms with Gasteiger partial charge in [0.05, 0.1) is 0 Å². The average Bonchev–Trinajstić information content (AvgIpc) is 2.45. The van der Waals surface area contributed by atoms with Crippen molar-refractivity contribution in [2.24, 2.45) is 29.1 Å². The molecule has 0 aromatic heterocycles. The second-order valence-electron chi connectivity index (χ2n) is 8.39. The number of carbonyl (C=O) groups is 1. The van der Waals surface area contributed by atoms with Crippen LogP contribution in [-0.2, 0) is 4.79 Å². The minimum atomic E-state index is 0.264. The van der Waals surface area contributed by atoms with Crippen LogP contribution in [0.25, 0.3) is 0 Å². The second kappa shape index (κ2) is 7.13. The van der Waals surface area contributed by atoms with E-state index in [4.69, 9.17) is 0 Å². The largest absolute Gasteiger partial charge is 0.356 e. The van der Waals surface area contributed by atoms with Gasteiger partial charge in [-0.3, -0.25) is 4.79 Å². The molecule has 1 saturated heterocycles. The SMILES string of the molecule is CC1CNCCC1CNC(=O)C1CCC(C(C)(C)C)CC1. The molecule has 1 amide bonds. The molecule has 1 aliphatic heterocycles. The van der Waals surface area contributed by atoms with Crippen LogP contribution in [0, 0.1) is 29.1 Å². The summed E-state index contributed by atoms with van der Waals surface area (Å²) >= 11 is 0. The van der Waals surface area contributed by atoms with E-state index in [2.05, 4.69) is 38.3 Å². The first-order valence-corrected chi connectivity index (χ1v) is 8.86. The quantitative estimate of drug-likeness (QED) is 0.839. The van der Waals surface area contributed by atoms with Gasteiger partial charge < -0.3 is 10.6 Å². The van der Waals surface area contributed by atoms with Crippen molar-refractivity contribution >= 4 is 5.91 Å². The molecule has 1 aliphatic carbocycles. The Balaban J connectivity index is 1.72. The lowest BCUT2D eigenvalue weighted by Crippen LogP contribution is -2.43. The zero-order chi connectivity index (χ0) is 15.5. The van der Waals surface area contributed by atoms with Gasteiger partial charge in [0.2, 0.25) is 5.91 Å². The Morgan fingerprint density at radius 1 is 1.14 bits per heavy atom. The van der Waals surface area contributed by atoms with E-state index in [0.717, 1.165) is 38.4 Å². The number of rotatable bonds is 3. The van der Waals surface area contributed by atoms with Gasteiger partial charge in [0.25, 0.3) is 0 Å². The van der Waals surface area contributed by atoms with Crippen LogP contribution >= 0.6 is 0 Å². The standard InChI is InChI=1S/C18H34N2O/c1-13-11-19-10-9-15(13)12-20-17(21)14-5-7-16(8-6-14)18(2,3)4/h13-16,19H,5-12H2,1-4H3,(H,20,21). The summed E-state index contributed by atoms with van der Waals surface area (Å²) in [5.41, 5.74) is 0.395. The van der Waals surface area contributed by atoms with E-state index < -0.39 is 0 Å². The maximum atomic E-state index is 12.4. The van der Waals surface area contributed by atoms with Crippen molar-refractivity contribution in [1.82, 2.24) is 10.6 Å². The molecular weight excluding hydrogens is 260 g/mol. The van der Waals surface area contributed by atoms with Gasteiger partial charge in [-0.1, -0.05) is 27.7 Å². The molecule has 0 radical (unpaired) electrons. The molecule has 2 aliphatic rings. The van der Waals surface area contributed by atoms with Gasteiger partial charge in [-0.25, -0.2) is 0 Å². The molecule has 0 spiro atoms. The molecule has 3 heteroatoms. The van der Waals surface area contributed by atoms with Crippen LogP contribution in [0.4, 0.5) is 0 Å². The van der Waals surface area contributed by atoms with Crippen molar-refractivity contribution in [3.05, 3.63) is 0 Å². The van der Waals surface area contributed by atoms with Crippen LogP contribution in [0.5, 0.6) is 0 Å². The van der Waals surface area contributed by atoms with Gasteiger partial charge in [-0.2, -0.15) is 0 Å². The van der Waals surface area contributed by atoms with Crippen LogP contribution in [-0.4, -0.2) is 25.5 Å². The minimum absolute atomic E-state index is 0.264. The van der Waals surface area contributed by atoms with Crippen molar-refractivity contribution in [1.29, 1.82) is 0 Å². The highest BCUT2D eigenvalue weighted by Crippen LogP contribution is 2.39. The van der Waals surface area contributed by atoms with Crippen LogP contribution in [0.2, 0.25) is 0 Å². The van der Waals surface area contributed by atoms with Gasteiger partial charge in [0.15, 0.2) is 0 Å².